The maximum atomic E-state index is 12.3. The second-order valence-corrected chi connectivity index (χ2v) is 8.95. The highest BCUT2D eigenvalue weighted by Crippen LogP contribution is 2.17. The molecule has 0 aliphatic heterocycles. The van der Waals surface area contributed by atoms with Crippen LogP contribution in [0.1, 0.15) is 48.0 Å². The number of halogens is 1. The van der Waals surface area contributed by atoms with E-state index in [1.165, 1.54) is 4.88 Å². The minimum atomic E-state index is -0.554. The van der Waals surface area contributed by atoms with E-state index in [-0.39, 0.29) is 30.0 Å². The lowest BCUT2D eigenvalue weighted by atomic mass is 10.1. The van der Waals surface area contributed by atoms with E-state index in [9.17, 15) is 4.79 Å². The number of aryl methyl sites for hydroxylation is 2. The van der Waals surface area contributed by atoms with Gasteiger partial charge < -0.3 is 20.7 Å². The normalized spacial score (nSPS) is 12.5. The average Bonchev–Trinajstić information content (AvgIpc) is 2.97. The van der Waals surface area contributed by atoms with Gasteiger partial charge in [0.1, 0.15) is 5.60 Å². The Morgan fingerprint density at radius 2 is 1.87 bits per heavy atom. The Morgan fingerprint density at radius 1 is 1.20 bits per heavy atom. The molecule has 3 N–H and O–H groups in total. The first kappa shape index (κ1) is 26.2. The molecule has 2 aromatic rings. The smallest absolute Gasteiger partial charge is 0.408 e. The van der Waals surface area contributed by atoms with Gasteiger partial charge in [-0.05, 0) is 40.2 Å². The summed E-state index contributed by atoms with van der Waals surface area (Å²) in [6, 6.07) is 9.52. The van der Waals surface area contributed by atoms with Crippen molar-refractivity contribution in [3.63, 3.8) is 0 Å². The molecule has 0 aliphatic rings. The molecule has 0 fully saturated rings. The highest BCUT2D eigenvalue weighted by atomic mass is 127. The fourth-order valence-electron chi connectivity index (χ4n) is 2.71. The topological polar surface area (TPSA) is 87.6 Å². The minimum absolute atomic E-state index is 0. The van der Waals surface area contributed by atoms with Crippen LogP contribution in [0.5, 0.6) is 0 Å². The van der Waals surface area contributed by atoms with Gasteiger partial charge in [-0.2, -0.15) is 0 Å². The van der Waals surface area contributed by atoms with E-state index < -0.39 is 11.7 Å². The number of hydrogen-bond acceptors (Lipinski definition) is 5. The van der Waals surface area contributed by atoms with E-state index >= 15 is 0 Å². The summed E-state index contributed by atoms with van der Waals surface area (Å²) in [5, 5.41) is 10.6. The van der Waals surface area contributed by atoms with Gasteiger partial charge in [-0.25, -0.2) is 9.78 Å². The second kappa shape index (κ2) is 12.1. The van der Waals surface area contributed by atoms with Crippen molar-refractivity contribution in [2.45, 2.75) is 52.8 Å². The van der Waals surface area contributed by atoms with Crippen molar-refractivity contribution in [1.29, 1.82) is 0 Å². The largest absolute Gasteiger partial charge is 0.444 e. The van der Waals surface area contributed by atoms with Gasteiger partial charge in [0.15, 0.2) is 5.96 Å². The van der Waals surface area contributed by atoms with E-state index in [0.29, 0.717) is 19.0 Å². The van der Waals surface area contributed by atoms with E-state index in [2.05, 4.69) is 25.9 Å². The van der Waals surface area contributed by atoms with Crippen LogP contribution in [-0.2, 0) is 11.3 Å². The highest BCUT2D eigenvalue weighted by molar-refractivity contribution is 14.0. The number of ether oxygens (including phenoxy) is 1. The molecule has 1 heterocycles. The molecule has 166 valence electrons. The van der Waals surface area contributed by atoms with Gasteiger partial charge in [0.2, 0.25) is 0 Å². The molecule has 9 heteroatoms. The number of guanidine groups is 1. The summed E-state index contributed by atoms with van der Waals surface area (Å²) in [4.78, 5) is 22.2. The molecule has 30 heavy (non-hydrogen) atoms. The molecule has 0 aliphatic carbocycles. The van der Waals surface area contributed by atoms with Gasteiger partial charge in [-0.15, -0.1) is 35.3 Å². The standard InChI is InChI=1S/C21H31N5O2S.HI/c1-14-18(29-15(2)25-14)13-24-19(22-6)23-12-17(16-10-8-7-9-11-16)26-20(27)28-21(3,4)5;/h7-11,17H,12-13H2,1-6H3,(H,26,27)(H2,22,23,24);1H. The number of carbonyl (C=O) groups is 1. The number of carbonyl (C=O) groups excluding carboxylic acids is 1. The van der Waals surface area contributed by atoms with Crippen molar-refractivity contribution < 1.29 is 9.53 Å². The molecule has 1 unspecified atom stereocenters. The first-order valence-electron chi connectivity index (χ1n) is 9.60. The Labute approximate surface area is 200 Å². The molecule has 1 amide bonds. The lowest BCUT2D eigenvalue weighted by Crippen LogP contribution is -2.44. The summed E-state index contributed by atoms with van der Waals surface area (Å²) in [6.45, 7) is 10.6. The predicted octanol–water partition coefficient (Wildman–Crippen LogP) is 4.31. The van der Waals surface area contributed by atoms with Crippen LogP contribution in [0.4, 0.5) is 4.79 Å². The van der Waals surface area contributed by atoms with E-state index in [1.54, 1.807) is 18.4 Å². The Balaban J connectivity index is 0.00000450. The molecular formula is C21H32IN5O2S. The number of thiazole rings is 1. The van der Waals surface area contributed by atoms with Crippen LogP contribution < -0.4 is 16.0 Å². The summed E-state index contributed by atoms with van der Waals surface area (Å²) >= 11 is 1.67. The highest BCUT2D eigenvalue weighted by Gasteiger charge is 2.21. The average molecular weight is 545 g/mol. The zero-order chi connectivity index (χ0) is 21.4. The number of aromatic nitrogens is 1. The third kappa shape index (κ3) is 8.86. The van der Waals surface area contributed by atoms with Crippen molar-refractivity contribution >= 4 is 47.4 Å². The van der Waals surface area contributed by atoms with Gasteiger partial charge in [0.25, 0.3) is 0 Å². The number of rotatable bonds is 6. The number of amides is 1. The van der Waals surface area contributed by atoms with E-state index in [4.69, 9.17) is 4.74 Å². The van der Waals surface area contributed by atoms with Crippen LogP contribution in [0.2, 0.25) is 0 Å². The summed E-state index contributed by atoms with van der Waals surface area (Å²) in [5.74, 6) is 0.655. The third-order valence-corrected chi connectivity index (χ3v) is 5.08. The number of aliphatic imine (C=N–C) groups is 1. The van der Waals surface area contributed by atoms with Crippen LogP contribution >= 0.6 is 35.3 Å². The maximum Gasteiger partial charge on any atom is 0.408 e. The van der Waals surface area contributed by atoms with Crippen molar-refractivity contribution in [1.82, 2.24) is 20.9 Å². The molecule has 2 rings (SSSR count). The fourth-order valence-corrected chi connectivity index (χ4v) is 3.59. The summed E-state index contributed by atoms with van der Waals surface area (Å²) in [7, 11) is 1.72. The van der Waals surface area contributed by atoms with E-state index in [0.717, 1.165) is 16.3 Å². The Bertz CT molecular complexity index is 834. The van der Waals surface area contributed by atoms with Crippen LogP contribution in [0, 0.1) is 13.8 Å². The minimum Gasteiger partial charge on any atom is -0.444 e. The van der Waals surface area contributed by atoms with Gasteiger partial charge >= 0.3 is 6.09 Å². The number of nitrogens with one attached hydrogen (secondary N) is 3. The monoisotopic (exact) mass is 545 g/mol. The summed E-state index contributed by atoms with van der Waals surface area (Å²) in [6.07, 6.45) is -0.452. The molecule has 7 nitrogen and oxygen atoms in total. The molecule has 0 saturated carbocycles. The molecule has 0 radical (unpaired) electrons. The third-order valence-electron chi connectivity index (χ3n) is 4.01. The molecule has 1 aromatic heterocycles. The summed E-state index contributed by atoms with van der Waals surface area (Å²) in [5.41, 5.74) is 1.46. The molecule has 0 saturated heterocycles. The maximum absolute atomic E-state index is 12.3. The van der Waals surface area contributed by atoms with Gasteiger partial charge in [-0.1, -0.05) is 30.3 Å². The fraction of sp³-hybridized carbons (Fsp3) is 0.476. The van der Waals surface area contributed by atoms with Crippen LogP contribution in [0.3, 0.4) is 0 Å². The van der Waals surface area contributed by atoms with E-state index in [1.807, 2.05) is 65.0 Å². The second-order valence-electron chi connectivity index (χ2n) is 7.66. The summed E-state index contributed by atoms with van der Waals surface area (Å²) < 4.78 is 5.41. The van der Waals surface area contributed by atoms with Crippen molar-refractivity contribution in [3.8, 4) is 0 Å². The predicted molar refractivity (Wildman–Crippen MR) is 134 cm³/mol. The molecular weight excluding hydrogens is 513 g/mol. The molecule has 1 aromatic carbocycles. The van der Waals surface area contributed by atoms with Gasteiger partial charge in [0, 0.05) is 18.5 Å². The van der Waals surface area contributed by atoms with Crippen molar-refractivity contribution in [2.24, 2.45) is 4.99 Å². The Hall–Kier alpha value is -1.88. The number of nitrogens with zero attached hydrogens (tertiary/aromatic N) is 2. The zero-order valence-corrected chi connectivity index (χ0v) is 21.6. The van der Waals surface area contributed by atoms with Crippen LogP contribution in [0.15, 0.2) is 35.3 Å². The molecule has 0 spiro atoms. The van der Waals surface area contributed by atoms with Crippen molar-refractivity contribution in [2.75, 3.05) is 13.6 Å². The number of benzene rings is 1. The van der Waals surface area contributed by atoms with Gasteiger partial charge in [0.05, 0.1) is 23.3 Å². The Morgan fingerprint density at radius 3 is 2.40 bits per heavy atom. The number of hydrogen-bond donors (Lipinski definition) is 3. The molecule has 0 bridgehead atoms. The molecule has 1 atom stereocenters. The first-order valence-corrected chi connectivity index (χ1v) is 10.4. The van der Waals surface area contributed by atoms with Gasteiger partial charge in [-0.3, -0.25) is 4.99 Å². The quantitative estimate of drug-likeness (QED) is 0.286. The lowest BCUT2D eigenvalue weighted by Gasteiger charge is -2.24. The SMILES string of the molecule is CN=C(NCc1sc(C)nc1C)NCC(NC(=O)OC(C)(C)C)c1ccccc1.I. The van der Waals surface area contributed by atoms with Crippen LogP contribution in [-0.4, -0.2) is 36.2 Å². The zero-order valence-electron chi connectivity index (χ0n) is 18.4. The number of alkyl carbamates (subject to hydrolysis) is 1. The lowest BCUT2D eigenvalue weighted by molar-refractivity contribution is 0.0504. The van der Waals surface area contributed by atoms with Crippen molar-refractivity contribution in [3.05, 3.63) is 51.5 Å². The first-order chi connectivity index (χ1) is 13.7. The van der Waals surface area contributed by atoms with Crippen LogP contribution in [0.25, 0.3) is 0 Å². The Kier molecular flexibility index (Phi) is 10.5.